The van der Waals surface area contributed by atoms with E-state index in [1.54, 1.807) is 17.1 Å². The number of carbonyl (C=O) groups excluding carboxylic acids is 2. The molecule has 1 spiro atoms. The molecule has 2 bridgehead atoms. The van der Waals surface area contributed by atoms with Crippen LogP contribution in [0.4, 0.5) is 25.1 Å². The Kier molecular flexibility index (Phi) is 9.84. The number of hydrogen-bond acceptors (Lipinski definition) is 9. The maximum atomic E-state index is 14.2. The topological polar surface area (TPSA) is 122 Å². The third-order valence-electron chi connectivity index (χ3n) is 12.4. The average Bonchev–Trinajstić information content (AvgIpc) is 3.95. The van der Waals surface area contributed by atoms with Crippen molar-refractivity contribution in [3.05, 3.63) is 35.9 Å². The van der Waals surface area contributed by atoms with Gasteiger partial charge >= 0.3 is 6.09 Å². The summed E-state index contributed by atoms with van der Waals surface area (Å²) < 4.78 is 42.9. The molecule has 0 radical (unpaired) electrons. The number of amides is 2. The number of carbonyl (C=O) groups is 2. The fraction of sp³-hybridized carbons (Fsp3) is 0.711. The molecule has 4 saturated heterocycles. The predicted octanol–water partition coefficient (Wildman–Crippen LogP) is 6.33. The number of fused-ring (bicyclic) bond motifs is 3. The summed E-state index contributed by atoms with van der Waals surface area (Å²) >= 11 is 0. The van der Waals surface area contributed by atoms with E-state index >= 15 is 0 Å². The van der Waals surface area contributed by atoms with Crippen LogP contribution < -0.4 is 10.2 Å². The molecule has 1 aliphatic carbocycles. The van der Waals surface area contributed by atoms with Crippen LogP contribution in [0.15, 0.2) is 24.7 Å². The molecule has 1 saturated carbocycles. The number of nitrogens with zero attached hydrogens (tertiary/aromatic N) is 8. The van der Waals surface area contributed by atoms with Crippen LogP contribution >= 0.6 is 0 Å². The van der Waals surface area contributed by atoms with Crippen molar-refractivity contribution in [2.24, 2.45) is 11.3 Å². The molecule has 2 atom stereocenters. The molecule has 5 fully saturated rings. The van der Waals surface area contributed by atoms with Gasteiger partial charge in [0.15, 0.2) is 11.3 Å². The van der Waals surface area contributed by atoms with Crippen LogP contribution in [0.2, 0.25) is 0 Å². The summed E-state index contributed by atoms with van der Waals surface area (Å²) in [6.07, 6.45) is 12.7. The zero-order chi connectivity index (χ0) is 36.9. The zero-order valence-corrected chi connectivity index (χ0v) is 31.2. The molecular formula is C38H53F2N9O4. The monoisotopic (exact) mass is 737 g/mol. The normalized spacial score (nSPS) is 24.2. The molecule has 1 N–H and O–H groups in total. The summed E-state index contributed by atoms with van der Waals surface area (Å²) in [6.45, 7) is 11.5. The highest BCUT2D eigenvalue weighted by Gasteiger charge is 2.41. The maximum absolute atomic E-state index is 14.2. The average molecular weight is 738 g/mol. The van der Waals surface area contributed by atoms with Crippen LogP contribution in [0, 0.1) is 11.3 Å². The van der Waals surface area contributed by atoms with E-state index in [0.717, 1.165) is 77.2 Å². The SMILES string of the molecule is CC(C)(C)OC(=O)N1CCC2(CCC(CCN3CCC(n4cc(NC(=O)c5cnn6ccc(N7C[C@H]8C[C@@H]7CO8)nc56)c(C(F)F)n4)CC3)CC2)CC1. The summed E-state index contributed by atoms with van der Waals surface area (Å²) in [5.41, 5.74) is 0.0707. The molecule has 288 valence electrons. The minimum absolute atomic E-state index is 0.0162. The van der Waals surface area contributed by atoms with E-state index in [9.17, 15) is 18.4 Å². The van der Waals surface area contributed by atoms with Gasteiger partial charge in [-0.25, -0.2) is 23.1 Å². The van der Waals surface area contributed by atoms with E-state index in [1.807, 2.05) is 31.7 Å². The van der Waals surface area contributed by atoms with Crippen LogP contribution in [0.5, 0.6) is 0 Å². The second-order valence-corrected chi connectivity index (χ2v) is 17.0. The number of nitrogens with one attached hydrogen (secondary N) is 1. The van der Waals surface area contributed by atoms with Gasteiger partial charge in [0.05, 0.1) is 36.7 Å². The quantitative estimate of drug-likeness (QED) is 0.283. The van der Waals surface area contributed by atoms with Gasteiger partial charge in [0, 0.05) is 45.1 Å². The van der Waals surface area contributed by atoms with Crippen LogP contribution in [0.1, 0.15) is 113 Å². The molecule has 8 rings (SSSR count). The number of alkyl halides is 2. The number of morpholine rings is 1. The fourth-order valence-electron chi connectivity index (χ4n) is 9.24. The third-order valence-corrected chi connectivity index (χ3v) is 12.4. The van der Waals surface area contributed by atoms with Gasteiger partial charge in [-0.3, -0.25) is 9.48 Å². The Hall–Kier alpha value is -3.85. The van der Waals surface area contributed by atoms with Gasteiger partial charge in [0.2, 0.25) is 0 Å². The van der Waals surface area contributed by atoms with E-state index in [0.29, 0.717) is 23.6 Å². The number of likely N-dealkylation sites (tertiary alicyclic amines) is 2. The van der Waals surface area contributed by atoms with Crippen molar-refractivity contribution >= 4 is 29.2 Å². The van der Waals surface area contributed by atoms with Crippen molar-refractivity contribution in [3.8, 4) is 0 Å². The second kappa shape index (κ2) is 14.4. The third kappa shape index (κ3) is 7.73. The smallest absolute Gasteiger partial charge is 0.410 e. The Morgan fingerprint density at radius 3 is 2.47 bits per heavy atom. The first-order chi connectivity index (χ1) is 25.4. The number of aromatic nitrogens is 5. The lowest BCUT2D eigenvalue weighted by Gasteiger charge is -2.46. The molecule has 4 aliphatic heterocycles. The maximum Gasteiger partial charge on any atom is 0.410 e. The number of halogens is 2. The van der Waals surface area contributed by atoms with E-state index in [1.165, 1.54) is 42.8 Å². The van der Waals surface area contributed by atoms with Gasteiger partial charge in [-0.2, -0.15) is 10.2 Å². The standard InChI is InChI=1S/C38H53F2N9O4/c1-37(2,3)53-36(51)46-18-12-38(13-19-46)10-4-25(5-11-38)6-14-45-15-7-26(8-16-45)49-23-30(32(44-49)33(39)40)42-35(50)29-21-41-48-17-9-31(43-34(29)48)47-22-28-20-27(47)24-52-28/h9,17,21,23,25-28,33H,4-8,10-16,18-20,22,24H2,1-3H3,(H,42,50)/t27-,28-/m1/s1. The molecule has 13 nitrogen and oxygen atoms in total. The van der Waals surface area contributed by atoms with Gasteiger partial charge in [-0.1, -0.05) is 0 Å². The van der Waals surface area contributed by atoms with Crippen molar-refractivity contribution in [1.29, 1.82) is 0 Å². The Labute approximate surface area is 309 Å². The molecule has 5 aliphatic rings. The zero-order valence-electron chi connectivity index (χ0n) is 31.2. The largest absolute Gasteiger partial charge is 0.444 e. The van der Waals surface area contributed by atoms with Crippen molar-refractivity contribution in [2.75, 3.05) is 56.1 Å². The number of piperidine rings is 2. The van der Waals surface area contributed by atoms with E-state index in [4.69, 9.17) is 14.5 Å². The molecular weight excluding hydrogens is 684 g/mol. The van der Waals surface area contributed by atoms with Gasteiger partial charge in [0.25, 0.3) is 12.3 Å². The molecule has 53 heavy (non-hydrogen) atoms. The lowest BCUT2D eigenvalue weighted by Crippen LogP contribution is -2.46. The number of hydrogen-bond donors (Lipinski definition) is 1. The summed E-state index contributed by atoms with van der Waals surface area (Å²) in [5, 5.41) is 11.3. The Morgan fingerprint density at radius 1 is 1.06 bits per heavy atom. The van der Waals surface area contributed by atoms with E-state index in [-0.39, 0.29) is 35.5 Å². The Bertz CT molecular complexity index is 1780. The lowest BCUT2D eigenvalue weighted by atomic mass is 9.65. The first-order valence-electron chi connectivity index (χ1n) is 19.5. The first-order valence-corrected chi connectivity index (χ1v) is 19.5. The summed E-state index contributed by atoms with van der Waals surface area (Å²) in [5.74, 6) is 0.913. The minimum atomic E-state index is -2.83. The van der Waals surface area contributed by atoms with Gasteiger partial charge < -0.3 is 29.5 Å². The highest BCUT2D eigenvalue weighted by atomic mass is 19.3. The number of ether oxygens (including phenoxy) is 2. The van der Waals surface area contributed by atoms with Crippen LogP contribution in [-0.2, 0) is 9.47 Å². The minimum Gasteiger partial charge on any atom is -0.444 e. The highest BCUT2D eigenvalue weighted by molar-refractivity contribution is 6.08. The Balaban J connectivity index is 0.815. The Morgan fingerprint density at radius 2 is 1.81 bits per heavy atom. The fourth-order valence-corrected chi connectivity index (χ4v) is 9.24. The first kappa shape index (κ1) is 36.1. The molecule has 15 heteroatoms. The number of rotatable bonds is 8. The molecule has 3 aromatic rings. The molecule has 7 heterocycles. The van der Waals surface area contributed by atoms with Crippen LogP contribution in [0.25, 0.3) is 5.65 Å². The van der Waals surface area contributed by atoms with Crippen LogP contribution in [0.3, 0.4) is 0 Å². The van der Waals surface area contributed by atoms with E-state index in [2.05, 4.69) is 25.3 Å². The highest BCUT2D eigenvalue weighted by Crippen LogP contribution is 2.47. The molecule has 0 unspecified atom stereocenters. The van der Waals surface area contributed by atoms with Crippen molar-refractivity contribution in [2.45, 2.75) is 115 Å². The summed E-state index contributed by atoms with van der Waals surface area (Å²) in [6, 6.07) is 2.12. The predicted molar refractivity (Wildman–Crippen MR) is 194 cm³/mol. The summed E-state index contributed by atoms with van der Waals surface area (Å²) in [4.78, 5) is 37.3. The number of anilines is 2. The summed E-state index contributed by atoms with van der Waals surface area (Å²) in [7, 11) is 0. The van der Waals surface area contributed by atoms with E-state index < -0.39 is 23.6 Å². The molecule has 0 aromatic carbocycles. The van der Waals surface area contributed by atoms with Crippen molar-refractivity contribution in [3.63, 3.8) is 0 Å². The molecule has 3 aromatic heterocycles. The van der Waals surface area contributed by atoms with Gasteiger partial charge in [-0.15, -0.1) is 0 Å². The lowest BCUT2D eigenvalue weighted by molar-refractivity contribution is 0.000707. The van der Waals surface area contributed by atoms with Crippen molar-refractivity contribution < 1.29 is 27.8 Å². The van der Waals surface area contributed by atoms with Gasteiger partial charge in [0.1, 0.15) is 17.0 Å². The van der Waals surface area contributed by atoms with Gasteiger partial charge in [-0.05, 0) is 109 Å². The van der Waals surface area contributed by atoms with Crippen LogP contribution in [-0.4, -0.2) is 110 Å². The van der Waals surface area contributed by atoms with Crippen molar-refractivity contribution in [1.82, 2.24) is 34.2 Å². The second-order valence-electron chi connectivity index (χ2n) is 17.0. The molecule has 2 amide bonds.